The molecular formula is C13H19NO2. The molecule has 88 valence electrons. The van der Waals surface area contributed by atoms with Crippen LogP contribution in [0.4, 0.5) is 0 Å². The Morgan fingerprint density at radius 1 is 1.38 bits per heavy atom. The minimum atomic E-state index is 0.0897. The van der Waals surface area contributed by atoms with Gasteiger partial charge in [-0.25, -0.2) is 0 Å². The van der Waals surface area contributed by atoms with Gasteiger partial charge < -0.3 is 14.7 Å². The summed E-state index contributed by atoms with van der Waals surface area (Å²) in [5, 5.41) is 8.94. The summed E-state index contributed by atoms with van der Waals surface area (Å²) in [6, 6.07) is 7.67. The van der Waals surface area contributed by atoms with E-state index < -0.39 is 0 Å². The van der Waals surface area contributed by atoms with Gasteiger partial charge in [0.25, 0.3) is 0 Å². The van der Waals surface area contributed by atoms with Gasteiger partial charge in [-0.15, -0.1) is 0 Å². The average Bonchev–Trinajstić information content (AvgIpc) is 2.30. The van der Waals surface area contributed by atoms with E-state index in [0.717, 1.165) is 24.3 Å². The van der Waals surface area contributed by atoms with E-state index in [1.807, 2.05) is 24.3 Å². The lowest BCUT2D eigenvalue weighted by molar-refractivity contribution is 0.104. The number of nitrogens with zero attached hydrogens (tertiary/aromatic N) is 1. The molecule has 0 bridgehead atoms. The summed E-state index contributed by atoms with van der Waals surface area (Å²) < 4.78 is 5.90. The smallest absolute Gasteiger partial charge is 0.119 e. The van der Waals surface area contributed by atoms with Gasteiger partial charge in [0.1, 0.15) is 11.9 Å². The summed E-state index contributed by atoms with van der Waals surface area (Å²) in [5.41, 5.74) is 0.924. The van der Waals surface area contributed by atoms with Crippen molar-refractivity contribution in [2.75, 3.05) is 20.1 Å². The molecule has 1 saturated heterocycles. The van der Waals surface area contributed by atoms with Crippen LogP contribution in [-0.4, -0.2) is 36.2 Å². The predicted octanol–water partition coefficient (Wildman–Crippen LogP) is 1.65. The Bertz CT molecular complexity index is 323. The summed E-state index contributed by atoms with van der Waals surface area (Å²) in [6.45, 7) is 2.26. The Labute approximate surface area is 96.6 Å². The van der Waals surface area contributed by atoms with Crippen LogP contribution >= 0.6 is 0 Å². The number of ether oxygens (including phenoxy) is 1. The molecule has 0 saturated carbocycles. The highest BCUT2D eigenvalue weighted by molar-refractivity contribution is 5.27. The van der Waals surface area contributed by atoms with E-state index >= 15 is 0 Å². The summed E-state index contributed by atoms with van der Waals surface area (Å²) >= 11 is 0. The molecule has 1 aromatic rings. The molecule has 16 heavy (non-hydrogen) atoms. The number of aliphatic hydroxyl groups is 1. The van der Waals surface area contributed by atoms with E-state index in [2.05, 4.69) is 11.9 Å². The Hall–Kier alpha value is -1.06. The number of likely N-dealkylation sites (N-methyl/N-ethyl adjacent to an activating group) is 1. The maximum atomic E-state index is 8.94. The van der Waals surface area contributed by atoms with Gasteiger partial charge in [0.15, 0.2) is 0 Å². The quantitative estimate of drug-likeness (QED) is 0.842. The summed E-state index contributed by atoms with van der Waals surface area (Å²) in [6.07, 6.45) is 2.64. The highest BCUT2D eigenvalue weighted by Crippen LogP contribution is 2.18. The van der Waals surface area contributed by atoms with Crippen molar-refractivity contribution in [2.45, 2.75) is 25.6 Å². The normalized spacial score (nSPS) is 22.0. The number of hydrogen-bond donors (Lipinski definition) is 1. The van der Waals surface area contributed by atoms with Crippen LogP contribution in [-0.2, 0) is 6.61 Å². The standard InChI is InChI=1S/C13H19NO2/c1-14-8-2-3-13(9-14)16-12-6-4-11(10-15)5-7-12/h4-7,13,15H,2-3,8-10H2,1H3. The van der Waals surface area contributed by atoms with Gasteiger partial charge in [-0.1, -0.05) is 12.1 Å². The van der Waals surface area contributed by atoms with Crippen molar-refractivity contribution in [3.8, 4) is 5.75 Å². The highest BCUT2D eigenvalue weighted by Gasteiger charge is 2.18. The second-order valence-electron chi connectivity index (χ2n) is 4.45. The maximum Gasteiger partial charge on any atom is 0.119 e. The third kappa shape index (κ3) is 2.97. The van der Waals surface area contributed by atoms with Crippen LogP contribution in [0.2, 0.25) is 0 Å². The fraction of sp³-hybridized carbons (Fsp3) is 0.538. The molecule has 1 heterocycles. The van der Waals surface area contributed by atoms with Crippen LogP contribution in [0, 0.1) is 0 Å². The Kier molecular flexibility index (Phi) is 3.80. The molecule has 1 aliphatic heterocycles. The lowest BCUT2D eigenvalue weighted by Gasteiger charge is -2.30. The molecule has 1 unspecified atom stereocenters. The third-order valence-corrected chi connectivity index (χ3v) is 2.99. The van der Waals surface area contributed by atoms with Crippen molar-refractivity contribution < 1.29 is 9.84 Å². The molecule has 1 N–H and O–H groups in total. The second-order valence-corrected chi connectivity index (χ2v) is 4.45. The van der Waals surface area contributed by atoms with Gasteiger partial charge in [-0.3, -0.25) is 0 Å². The first kappa shape index (κ1) is 11.4. The van der Waals surface area contributed by atoms with Crippen molar-refractivity contribution in [3.05, 3.63) is 29.8 Å². The molecule has 0 radical (unpaired) electrons. The average molecular weight is 221 g/mol. The van der Waals surface area contributed by atoms with Crippen LogP contribution < -0.4 is 4.74 Å². The topological polar surface area (TPSA) is 32.7 Å². The zero-order valence-electron chi connectivity index (χ0n) is 9.72. The first-order chi connectivity index (χ1) is 7.78. The maximum absolute atomic E-state index is 8.94. The third-order valence-electron chi connectivity index (χ3n) is 2.99. The van der Waals surface area contributed by atoms with Crippen molar-refractivity contribution in [1.82, 2.24) is 4.90 Å². The first-order valence-corrected chi connectivity index (χ1v) is 5.83. The number of piperidine rings is 1. The molecule has 0 amide bonds. The molecule has 0 spiro atoms. The minimum Gasteiger partial charge on any atom is -0.489 e. The predicted molar refractivity (Wildman–Crippen MR) is 63.5 cm³/mol. The van der Waals surface area contributed by atoms with Gasteiger partial charge >= 0.3 is 0 Å². The first-order valence-electron chi connectivity index (χ1n) is 5.83. The lowest BCUT2D eigenvalue weighted by Crippen LogP contribution is -2.38. The molecule has 3 heteroatoms. The zero-order valence-corrected chi connectivity index (χ0v) is 9.72. The van der Waals surface area contributed by atoms with Crippen LogP contribution in [0.15, 0.2) is 24.3 Å². The monoisotopic (exact) mass is 221 g/mol. The van der Waals surface area contributed by atoms with Crippen LogP contribution in [0.25, 0.3) is 0 Å². The minimum absolute atomic E-state index is 0.0897. The molecule has 1 aromatic carbocycles. The Morgan fingerprint density at radius 3 is 2.75 bits per heavy atom. The fourth-order valence-corrected chi connectivity index (χ4v) is 2.08. The number of rotatable bonds is 3. The van der Waals surface area contributed by atoms with Gasteiger partial charge in [0.2, 0.25) is 0 Å². The van der Waals surface area contributed by atoms with E-state index in [1.165, 1.54) is 13.0 Å². The number of benzene rings is 1. The molecule has 0 aromatic heterocycles. The summed E-state index contributed by atoms with van der Waals surface area (Å²) in [7, 11) is 2.13. The molecule has 0 aliphatic carbocycles. The molecule has 2 rings (SSSR count). The van der Waals surface area contributed by atoms with Gasteiger partial charge in [-0.05, 0) is 44.1 Å². The van der Waals surface area contributed by atoms with E-state index in [0.29, 0.717) is 6.10 Å². The van der Waals surface area contributed by atoms with Crippen LogP contribution in [0.3, 0.4) is 0 Å². The van der Waals surface area contributed by atoms with Crippen molar-refractivity contribution in [2.24, 2.45) is 0 Å². The zero-order chi connectivity index (χ0) is 11.4. The number of aliphatic hydroxyl groups excluding tert-OH is 1. The largest absolute Gasteiger partial charge is 0.489 e. The van der Waals surface area contributed by atoms with Crippen molar-refractivity contribution in [3.63, 3.8) is 0 Å². The SMILES string of the molecule is CN1CCCC(Oc2ccc(CO)cc2)C1. The number of likely N-dealkylation sites (tertiary alicyclic amines) is 1. The molecule has 1 fully saturated rings. The van der Waals surface area contributed by atoms with E-state index in [1.54, 1.807) is 0 Å². The summed E-state index contributed by atoms with van der Waals surface area (Å²) in [4.78, 5) is 2.30. The fourth-order valence-electron chi connectivity index (χ4n) is 2.08. The van der Waals surface area contributed by atoms with Gasteiger partial charge in [0.05, 0.1) is 6.61 Å². The Morgan fingerprint density at radius 2 is 2.12 bits per heavy atom. The van der Waals surface area contributed by atoms with Gasteiger partial charge in [-0.2, -0.15) is 0 Å². The number of hydrogen-bond acceptors (Lipinski definition) is 3. The van der Waals surface area contributed by atoms with Crippen molar-refractivity contribution >= 4 is 0 Å². The molecule has 1 aliphatic rings. The molecular weight excluding hydrogens is 202 g/mol. The molecule has 3 nitrogen and oxygen atoms in total. The van der Waals surface area contributed by atoms with Crippen LogP contribution in [0.1, 0.15) is 18.4 Å². The summed E-state index contributed by atoms with van der Waals surface area (Å²) in [5.74, 6) is 0.900. The van der Waals surface area contributed by atoms with Gasteiger partial charge in [0, 0.05) is 6.54 Å². The second kappa shape index (κ2) is 5.32. The molecule has 1 atom stereocenters. The lowest BCUT2D eigenvalue weighted by atomic mass is 10.1. The van der Waals surface area contributed by atoms with Crippen molar-refractivity contribution in [1.29, 1.82) is 0 Å². The Balaban J connectivity index is 1.92. The van der Waals surface area contributed by atoms with E-state index in [4.69, 9.17) is 9.84 Å². The van der Waals surface area contributed by atoms with E-state index in [-0.39, 0.29) is 6.61 Å². The highest BCUT2D eigenvalue weighted by atomic mass is 16.5. The van der Waals surface area contributed by atoms with Crippen LogP contribution in [0.5, 0.6) is 5.75 Å². The van der Waals surface area contributed by atoms with E-state index in [9.17, 15) is 0 Å².